The zero-order valence-corrected chi connectivity index (χ0v) is 10.3. The van der Waals surface area contributed by atoms with Crippen molar-refractivity contribution in [2.45, 2.75) is 13.0 Å². The van der Waals surface area contributed by atoms with E-state index in [1.54, 1.807) is 12.2 Å². The smallest absolute Gasteiger partial charge is 0.140 e. The van der Waals surface area contributed by atoms with Gasteiger partial charge in [-0.3, -0.25) is 0 Å². The average molecular weight is 240 g/mol. The molecule has 0 spiro atoms. The number of aliphatic hydroxyl groups is 1. The first kappa shape index (κ1) is 12.3. The topological polar surface area (TPSA) is 48.9 Å². The van der Waals surface area contributed by atoms with Crippen LogP contribution in [0.1, 0.15) is 18.9 Å². The largest absolute Gasteiger partial charge is 0.380 e. The number of aromatic nitrogens is 2. The molecule has 0 amide bonds. The molecule has 1 heterocycles. The fourth-order valence-corrected chi connectivity index (χ4v) is 1.83. The normalized spacial score (nSPS) is 14.2. The lowest BCUT2D eigenvalue weighted by atomic mass is 10.1. The van der Waals surface area contributed by atoms with Gasteiger partial charge in [0.15, 0.2) is 0 Å². The number of aliphatic hydroxyl groups excluding tert-OH is 1. The zero-order valence-electron chi connectivity index (χ0n) is 10.3. The van der Waals surface area contributed by atoms with E-state index < -0.39 is 6.10 Å². The Labute approximate surface area is 106 Å². The van der Waals surface area contributed by atoms with Crippen LogP contribution < -0.4 is 0 Å². The number of benzene rings is 1. The molecule has 1 atom stereocenters. The fraction of sp³-hybridized carbons (Fsp3) is 0.133. The van der Waals surface area contributed by atoms with Crippen molar-refractivity contribution in [3.63, 3.8) is 0 Å². The maximum Gasteiger partial charge on any atom is 0.140 e. The van der Waals surface area contributed by atoms with Crippen LogP contribution in [0.2, 0.25) is 0 Å². The molecule has 1 aromatic heterocycles. The van der Waals surface area contributed by atoms with Crippen molar-refractivity contribution in [3.8, 4) is 0 Å². The van der Waals surface area contributed by atoms with Gasteiger partial charge in [0.2, 0.25) is 0 Å². The first-order valence-corrected chi connectivity index (χ1v) is 5.84. The van der Waals surface area contributed by atoms with E-state index in [1.165, 1.54) is 0 Å². The maximum atomic E-state index is 10.3. The van der Waals surface area contributed by atoms with Gasteiger partial charge in [-0.05, 0) is 24.6 Å². The number of para-hydroxylation sites is 2. The third-order valence-corrected chi connectivity index (χ3v) is 2.65. The Morgan fingerprint density at radius 1 is 1.44 bits per heavy atom. The molecule has 1 aromatic carbocycles. The number of nitrogens with zero attached hydrogens (tertiary/aromatic N) is 1. The van der Waals surface area contributed by atoms with Gasteiger partial charge in [-0.25, -0.2) is 4.98 Å². The third kappa shape index (κ3) is 2.41. The molecule has 2 rings (SSSR count). The molecule has 92 valence electrons. The standard InChI is InChI=1S/C15H16N2O/c1-3-7-11(8-4-2)14(18)15-16-12-9-5-6-10-13(12)17-15/h3-10,14,18H,1H2,2H3,(H,16,17)/b8-4-,11-7+. The number of hydrogen-bond donors (Lipinski definition) is 2. The van der Waals surface area contributed by atoms with Crippen LogP contribution in [0, 0.1) is 0 Å². The highest BCUT2D eigenvalue weighted by Gasteiger charge is 2.14. The molecule has 3 nitrogen and oxygen atoms in total. The van der Waals surface area contributed by atoms with Crippen LogP contribution in [0.25, 0.3) is 11.0 Å². The number of rotatable bonds is 4. The summed E-state index contributed by atoms with van der Waals surface area (Å²) in [4.78, 5) is 7.51. The van der Waals surface area contributed by atoms with Crippen molar-refractivity contribution < 1.29 is 5.11 Å². The number of fused-ring (bicyclic) bond motifs is 1. The van der Waals surface area contributed by atoms with Gasteiger partial charge in [0.25, 0.3) is 0 Å². The minimum atomic E-state index is -0.772. The summed E-state index contributed by atoms with van der Waals surface area (Å²) < 4.78 is 0. The van der Waals surface area contributed by atoms with Crippen LogP contribution in [0.3, 0.4) is 0 Å². The monoisotopic (exact) mass is 240 g/mol. The summed E-state index contributed by atoms with van der Waals surface area (Å²) in [6.45, 7) is 5.55. The minimum absolute atomic E-state index is 0.544. The van der Waals surface area contributed by atoms with Gasteiger partial charge < -0.3 is 10.1 Å². The Morgan fingerprint density at radius 3 is 2.89 bits per heavy atom. The van der Waals surface area contributed by atoms with Crippen LogP contribution in [-0.4, -0.2) is 15.1 Å². The van der Waals surface area contributed by atoms with Crippen molar-refractivity contribution in [2.24, 2.45) is 0 Å². The second-order valence-corrected chi connectivity index (χ2v) is 3.94. The molecular weight excluding hydrogens is 224 g/mol. The van der Waals surface area contributed by atoms with Gasteiger partial charge in [-0.15, -0.1) is 0 Å². The number of nitrogens with one attached hydrogen (secondary N) is 1. The predicted octanol–water partition coefficient (Wildman–Crippen LogP) is 3.28. The lowest BCUT2D eigenvalue weighted by Crippen LogP contribution is -2.02. The number of aromatic amines is 1. The van der Waals surface area contributed by atoms with E-state index in [4.69, 9.17) is 0 Å². The first-order chi connectivity index (χ1) is 8.76. The van der Waals surface area contributed by atoms with Crippen LogP contribution in [-0.2, 0) is 0 Å². The summed E-state index contributed by atoms with van der Waals surface area (Å²) in [5.74, 6) is 0.544. The van der Waals surface area contributed by atoms with Crippen molar-refractivity contribution >= 4 is 11.0 Å². The van der Waals surface area contributed by atoms with Gasteiger partial charge >= 0.3 is 0 Å². The van der Waals surface area contributed by atoms with E-state index in [2.05, 4.69) is 16.5 Å². The summed E-state index contributed by atoms with van der Waals surface area (Å²) in [6.07, 6.45) is 6.38. The van der Waals surface area contributed by atoms with E-state index in [-0.39, 0.29) is 0 Å². The minimum Gasteiger partial charge on any atom is -0.380 e. The highest BCUT2D eigenvalue weighted by atomic mass is 16.3. The third-order valence-electron chi connectivity index (χ3n) is 2.65. The van der Waals surface area contributed by atoms with Gasteiger partial charge in [0.05, 0.1) is 11.0 Å². The molecule has 0 aliphatic carbocycles. The molecule has 0 saturated carbocycles. The van der Waals surface area contributed by atoms with E-state index in [1.807, 2.05) is 43.3 Å². The lowest BCUT2D eigenvalue weighted by Gasteiger charge is -2.08. The highest BCUT2D eigenvalue weighted by molar-refractivity contribution is 5.74. The van der Waals surface area contributed by atoms with Gasteiger partial charge in [-0.1, -0.05) is 43.0 Å². The Bertz CT molecular complexity index is 575. The molecule has 0 saturated heterocycles. The number of H-pyrrole nitrogens is 1. The van der Waals surface area contributed by atoms with E-state index in [9.17, 15) is 5.11 Å². The fourth-order valence-electron chi connectivity index (χ4n) is 1.83. The van der Waals surface area contributed by atoms with Crippen molar-refractivity contribution in [2.75, 3.05) is 0 Å². The van der Waals surface area contributed by atoms with E-state index in [0.717, 1.165) is 16.6 Å². The first-order valence-electron chi connectivity index (χ1n) is 5.84. The second-order valence-electron chi connectivity index (χ2n) is 3.94. The maximum absolute atomic E-state index is 10.3. The SMILES string of the molecule is C=C/C=C(\C=C/C)C(O)c1nc2ccccc2[nH]1. The lowest BCUT2D eigenvalue weighted by molar-refractivity contribution is 0.210. The summed E-state index contributed by atoms with van der Waals surface area (Å²) >= 11 is 0. The Kier molecular flexibility index (Phi) is 3.75. The van der Waals surface area contributed by atoms with Crippen LogP contribution >= 0.6 is 0 Å². The number of imidazole rings is 1. The molecule has 0 aliphatic heterocycles. The summed E-state index contributed by atoms with van der Waals surface area (Å²) in [6, 6.07) is 7.70. The summed E-state index contributed by atoms with van der Waals surface area (Å²) in [7, 11) is 0. The molecule has 0 fully saturated rings. The molecule has 2 N–H and O–H groups in total. The van der Waals surface area contributed by atoms with Crippen molar-refractivity contribution in [3.05, 3.63) is 66.5 Å². The molecular formula is C15H16N2O. The van der Waals surface area contributed by atoms with Crippen LogP contribution in [0.15, 0.2) is 60.7 Å². The molecule has 0 aliphatic rings. The van der Waals surface area contributed by atoms with Gasteiger partial charge in [-0.2, -0.15) is 0 Å². The Hall–Kier alpha value is -2.13. The second kappa shape index (κ2) is 5.47. The highest BCUT2D eigenvalue weighted by Crippen LogP contribution is 2.22. The van der Waals surface area contributed by atoms with Gasteiger partial charge in [0.1, 0.15) is 11.9 Å². The van der Waals surface area contributed by atoms with Crippen LogP contribution in [0.4, 0.5) is 0 Å². The average Bonchev–Trinajstić information content (AvgIpc) is 2.81. The zero-order chi connectivity index (χ0) is 13.0. The summed E-state index contributed by atoms with van der Waals surface area (Å²) in [5.41, 5.74) is 2.53. The molecule has 2 aromatic rings. The Morgan fingerprint density at radius 2 is 2.22 bits per heavy atom. The molecule has 1 unspecified atom stereocenters. The summed E-state index contributed by atoms with van der Waals surface area (Å²) in [5, 5.41) is 10.3. The van der Waals surface area contributed by atoms with E-state index >= 15 is 0 Å². The molecule has 0 bridgehead atoms. The van der Waals surface area contributed by atoms with Crippen LogP contribution in [0.5, 0.6) is 0 Å². The number of hydrogen-bond acceptors (Lipinski definition) is 2. The van der Waals surface area contributed by atoms with E-state index in [0.29, 0.717) is 5.82 Å². The van der Waals surface area contributed by atoms with Crippen molar-refractivity contribution in [1.82, 2.24) is 9.97 Å². The molecule has 18 heavy (non-hydrogen) atoms. The Balaban J connectivity index is 2.40. The molecule has 3 heteroatoms. The number of allylic oxidation sites excluding steroid dienone is 3. The quantitative estimate of drug-likeness (QED) is 0.806. The van der Waals surface area contributed by atoms with Crippen molar-refractivity contribution in [1.29, 1.82) is 0 Å². The predicted molar refractivity (Wildman–Crippen MR) is 74.1 cm³/mol. The van der Waals surface area contributed by atoms with Gasteiger partial charge in [0, 0.05) is 0 Å². The molecule has 0 radical (unpaired) electrons.